The van der Waals surface area contributed by atoms with Crippen molar-refractivity contribution in [3.8, 4) is 5.75 Å². The lowest BCUT2D eigenvalue weighted by molar-refractivity contribution is -0.140. The third-order valence-electron chi connectivity index (χ3n) is 9.93. The van der Waals surface area contributed by atoms with E-state index >= 15 is 0 Å². The molecule has 3 fully saturated rings. The highest BCUT2D eigenvalue weighted by atomic mass is 19.4. The highest BCUT2D eigenvalue weighted by Gasteiger charge is 2.34. The summed E-state index contributed by atoms with van der Waals surface area (Å²) in [5, 5.41) is 0. The minimum atomic E-state index is -4.67. The maximum absolute atomic E-state index is 15.0. The van der Waals surface area contributed by atoms with E-state index in [1.54, 1.807) is 12.1 Å². The van der Waals surface area contributed by atoms with E-state index in [0.29, 0.717) is 24.3 Å². The third-order valence-corrected chi connectivity index (χ3v) is 9.93. The fraction of sp³-hybridized carbons (Fsp3) is 0.727. The number of carbonyl (C=O) groups is 1. The molecule has 7 heteroatoms. The summed E-state index contributed by atoms with van der Waals surface area (Å²) in [4.78, 5) is 12.8. The molecule has 40 heavy (non-hydrogen) atoms. The highest BCUT2D eigenvalue weighted by molar-refractivity contribution is 5.75. The molecule has 0 aromatic heterocycles. The van der Waals surface area contributed by atoms with Crippen LogP contribution in [-0.4, -0.2) is 12.1 Å². The van der Waals surface area contributed by atoms with Crippen LogP contribution in [0.15, 0.2) is 30.1 Å². The fourth-order valence-electron chi connectivity index (χ4n) is 7.51. The Bertz CT molecular complexity index is 979. The zero-order valence-corrected chi connectivity index (χ0v) is 23.8. The van der Waals surface area contributed by atoms with Gasteiger partial charge in [0.05, 0.1) is 12.0 Å². The smallest absolute Gasteiger partial charge is 0.412 e. The average Bonchev–Trinajstić information content (AvgIpc) is 2.93. The SMILES string of the molecule is CCCCCC1CCC(C2CCC(C(=O)Oc3ccc(C4CCC(C(F)=CC(F)(F)F)CC4)c(F)c3)CC2)CC1. The summed E-state index contributed by atoms with van der Waals surface area (Å²) in [5.41, 5.74) is 0.444. The summed E-state index contributed by atoms with van der Waals surface area (Å²) >= 11 is 0. The number of halogens is 5. The van der Waals surface area contributed by atoms with Crippen LogP contribution in [0.3, 0.4) is 0 Å². The number of unbranched alkanes of at least 4 members (excludes halogenated alkanes) is 2. The minimum absolute atomic E-state index is 0.153. The molecule has 0 amide bonds. The lowest BCUT2D eigenvalue weighted by atomic mass is 9.68. The van der Waals surface area contributed by atoms with E-state index in [0.717, 1.165) is 37.5 Å². The normalized spacial score (nSPS) is 30.2. The molecule has 0 saturated heterocycles. The second kappa shape index (κ2) is 14.3. The molecule has 0 bridgehead atoms. The summed E-state index contributed by atoms with van der Waals surface area (Å²) in [6.07, 6.45) is 10.8. The number of hydrogen-bond acceptors (Lipinski definition) is 2. The van der Waals surface area contributed by atoms with Gasteiger partial charge in [-0.3, -0.25) is 4.79 Å². The van der Waals surface area contributed by atoms with Gasteiger partial charge in [0.2, 0.25) is 0 Å². The molecule has 3 aliphatic rings. The van der Waals surface area contributed by atoms with Gasteiger partial charge < -0.3 is 4.74 Å². The van der Waals surface area contributed by atoms with Crippen molar-refractivity contribution in [3.63, 3.8) is 0 Å². The first-order chi connectivity index (χ1) is 19.1. The van der Waals surface area contributed by atoms with Crippen LogP contribution < -0.4 is 4.74 Å². The van der Waals surface area contributed by atoms with Crippen molar-refractivity contribution in [1.29, 1.82) is 0 Å². The van der Waals surface area contributed by atoms with Gasteiger partial charge in [-0.05, 0) is 99.5 Å². The van der Waals surface area contributed by atoms with Gasteiger partial charge in [-0.25, -0.2) is 8.78 Å². The predicted molar refractivity (Wildman–Crippen MR) is 147 cm³/mol. The molecule has 2 nitrogen and oxygen atoms in total. The first-order valence-corrected chi connectivity index (χ1v) is 15.6. The predicted octanol–water partition coefficient (Wildman–Crippen LogP) is 10.6. The molecule has 1 aromatic rings. The molecule has 1 aromatic carbocycles. The van der Waals surface area contributed by atoms with Crippen molar-refractivity contribution >= 4 is 5.97 Å². The lowest BCUT2D eigenvalue weighted by Crippen LogP contribution is -2.30. The molecule has 0 N–H and O–H groups in total. The largest absolute Gasteiger partial charge is 0.426 e. The van der Waals surface area contributed by atoms with Crippen molar-refractivity contribution in [2.24, 2.45) is 29.6 Å². The number of hydrogen-bond donors (Lipinski definition) is 0. The number of benzene rings is 1. The van der Waals surface area contributed by atoms with Crippen molar-refractivity contribution in [1.82, 2.24) is 0 Å². The number of carbonyl (C=O) groups excluding carboxylic acids is 1. The second-order valence-corrected chi connectivity index (χ2v) is 12.6. The Hall–Kier alpha value is -1.92. The maximum atomic E-state index is 15.0. The Labute approximate surface area is 236 Å². The lowest BCUT2D eigenvalue weighted by Gasteiger charge is -2.37. The van der Waals surface area contributed by atoms with Gasteiger partial charge >= 0.3 is 12.1 Å². The molecule has 0 unspecified atom stereocenters. The van der Waals surface area contributed by atoms with Crippen LogP contribution in [0.5, 0.6) is 5.75 Å². The number of allylic oxidation sites excluding steroid dienone is 2. The standard InChI is InChI=1S/C33H45F5O2/c1-2-3-4-5-22-6-8-23(9-7-22)24-10-16-27(17-11-24)32(39)40-28-18-19-29(30(34)20-28)25-12-14-26(15-13-25)31(35)21-33(36,37)38/h18-27H,2-17H2,1H3. The van der Waals surface area contributed by atoms with Crippen molar-refractivity contribution in [3.05, 3.63) is 41.5 Å². The molecule has 224 valence electrons. The molecule has 3 aliphatic carbocycles. The van der Waals surface area contributed by atoms with Crippen LogP contribution in [0, 0.1) is 35.4 Å². The van der Waals surface area contributed by atoms with Gasteiger partial charge in [-0.1, -0.05) is 51.5 Å². The van der Waals surface area contributed by atoms with Crippen LogP contribution in [0.25, 0.3) is 0 Å². The molecule has 0 radical (unpaired) electrons. The van der Waals surface area contributed by atoms with E-state index in [1.165, 1.54) is 57.4 Å². The summed E-state index contributed by atoms with van der Waals surface area (Å²) in [6.45, 7) is 2.25. The molecule has 0 atom stereocenters. The Balaban J connectivity index is 1.20. The van der Waals surface area contributed by atoms with E-state index in [9.17, 15) is 26.7 Å². The van der Waals surface area contributed by atoms with Gasteiger partial charge in [-0.15, -0.1) is 0 Å². The van der Waals surface area contributed by atoms with Gasteiger partial charge in [-0.2, -0.15) is 13.2 Å². The van der Waals surface area contributed by atoms with Crippen LogP contribution in [0.1, 0.15) is 121 Å². The summed E-state index contributed by atoms with van der Waals surface area (Å²) in [5.74, 6) is -0.484. The highest BCUT2D eigenvalue weighted by Crippen LogP contribution is 2.43. The van der Waals surface area contributed by atoms with E-state index in [-0.39, 0.29) is 42.5 Å². The van der Waals surface area contributed by atoms with Crippen LogP contribution in [0.2, 0.25) is 0 Å². The molecular weight excluding hydrogens is 523 g/mol. The van der Waals surface area contributed by atoms with Gasteiger partial charge in [0.1, 0.15) is 17.4 Å². The molecule has 3 saturated carbocycles. The van der Waals surface area contributed by atoms with Crippen LogP contribution >= 0.6 is 0 Å². The molecule has 0 heterocycles. The fourth-order valence-corrected chi connectivity index (χ4v) is 7.51. The van der Waals surface area contributed by atoms with Crippen LogP contribution in [0.4, 0.5) is 22.0 Å². The average molecular weight is 569 g/mol. The molecule has 0 aliphatic heterocycles. The van der Waals surface area contributed by atoms with Gasteiger partial charge in [0, 0.05) is 12.0 Å². The molecular formula is C33H45F5O2. The first-order valence-electron chi connectivity index (χ1n) is 15.6. The monoisotopic (exact) mass is 568 g/mol. The minimum Gasteiger partial charge on any atom is -0.426 e. The first kappa shape index (κ1) is 31.0. The molecule has 4 rings (SSSR count). The number of alkyl halides is 3. The topological polar surface area (TPSA) is 26.3 Å². The van der Waals surface area contributed by atoms with E-state index in [1.807, 2.05) is 0 Å². The zero-order chi connectivity index (χ0) is 28.7. The molecule has 0 spiro atoms. The number of rotatable bonds is 9. The number of ether oxygens (including phenoxy) is 1. The Morgan fingerprint density at radius 3 is 2.05 bits per heavy atom. The van der Waals surface area contributed by atoms with Gasteiger partial charge in [0.25, 0.3) is 0 Å². The van der Waals surface area contributed by atoms with Crippen molar-refractivity contribution in [2.45, 2.75) is 122 Å². The van der Waals surface area contributed by atoms with E-state index in [4.69, 9.17) is 4.74 Å². The zero-order valence-electron chi connectivity index (χ0n) is 23.8. The summed E-state index contributed by atoms with van der Waals surface area (Å²) in [7, 11) is 0. The Kier molecular flexibility index (Phi) is 11.1. The quantitative estimate of drug-likeness (QED) is 0.128. The van der Waals surface area contributed by atoms with Crippen LogP contribution in [-0.2, 0) is 4.79 Å². The second-order valence-electron chi connectivity index (χ2n) is 12.6. The summed E-state index contributed by atoms with van der Waals surface area (Å²) in [6, 6.07) is 4.42. The third kappa shape index (κ3) is 8.79. The summed E-state index contributed by atoms with van der Waals surface area (Å²) < 4.78 is 71.8. The van der Waals surface area contributed by atoms with Crippen molar-refractivity contribution < 1.29 is 31.5 Å². The Morgan fingerprint density at radius 1 is 0.875 bits per heavy atom. The Morgan fingerprint density at radius 2 is 1.48 bits per heavy atom. The van der Waals surface area contributed by atoms with Gasteiger partial charge in [0.15, 0.2) is 0 Å². The number of esters is 1. The van der Waals surface area contributed by atoms with E-state index < -0.39 is 23.7 Å². The maximum Gasteiger partial charge on any atom is 0.412 e. The van der Waals surface area contributed by atoms with E-state index in [2.05, 4.69) is 6.92 Å². The van der Waals surface area contributed by atoms with Crippen molar-refractivity contribution in [2.75, 3.05) is 0 Å².